The molecule has 2 aromatic heterocycles. The first-order valence-electron chi connectivity index (χ1n) is 10.5. The van der Waals surface area contributed by atoms with Gasteiger partial charge < -0.3 is 20.1 Å². The fourth-order valence-electron chi connectivity index (χ4n) is 4.31. The Kier molecular flexibility index (Phi) is 4.79. The Labute approximate surface area is 169 Å². The Hall–Kier alpha value is -2.74. The Morgan fingerprint density at radius 2 is 2.28 bits per heavy atom. The number of amides is 1. The predicted molar refractivity (Wildman–Crippen MR) is 109 cm³/mol. The smallest absolute Gasteiger partial charge is 0.273 e. The fraction of sp³-hybridized carbons (Fsp3) is 0.524. The summed E-state index contributed by atoms with van der Waals surface area (Å²) in [6.07, 6.45) is 9.17. The van der Waals surface area contributed by atoms with Gasteiger partial charge >= 0.3 is 0 Å². The molecule has 8 nitrogen and oxygen atoms in total. The van der Waals surface area contributed by atoms with Crippen LogP contribution in [0.15, 0.2) is 16.9 Å². The summed E-state index contributed by atoms with van der Waals surface area (Å²) in [5, 5.41) is 10.2. The third kappa shape index (κ3) is 3.53. The van der Waals surface area contributed by atoms with Crippen molar-refractivity contribution in [3.63, 3.8) is 0 Å². The van der Waals surface area contributed by atoms with Gasteiger partial charge in [-0.2, -0.15) is 0 Å². The van der Waals surface area contributed by atoms with Crippen molar-refractivity contribution < 1.29 is 9.32 Å². The van der Waals surface area contributed by atoms with Crippen molar-refractivity contribution in [3.8, 4) is 0 Å². The summed E-state index contributed by atoms with van der Waals surface area (Å²) >= 11 is 0. The zero-order chi connectivity index (χ0) is 19.8. The van der Waals surface area contributed by atoms with Crippen LogP contribution in [-0.4, -0.2) is 47.2 Å². The average Bonchev–Trinajstić information content (AvgIpc) is 3.37. The van der Waals surface area contributed by atoms with E-state index >= 15 is 0 Å². The highest BCUT2D eigenvalue weighted by Crippen LogP contribution is 2.45. The number of hydrogen-bond donors (Lipinski definition) is 2. The molecule has 1 fully saturated rings. The average molecular weight is 394 g/mol. The number of nitrogens with one attached hydrogen (secondary N) is 2. The van der Waals surface area contributed by atoms with Crippen LogP contribution in [0.4, 0.5) is 5.82 Å². The second kappa shape index (κ2) is 7.59. The highest BCUT2D eigenvalue weighted by Gasteiger charge is 2.38. The molecule has 1 aliphatic heterocycles. The van der Waals surface area contributed by atoms with Crippen molar-refractivity contribution in [2.45, 2.75) is 32.7 Å². The Morgan fingerprint density at radius 1 is 1.34 bits per heavy atom. The van der Waals surface area contributed by atoms with Gasteiger partial charge in [-0.25, -0.2) is 9.97 Å². The number of nitrogens with zero attached hydrogens (tertiary/aromatic N) is 4. The lowest BCUT2D eigenvalue weighted by atomic mass is 10.0. The van der Waals surface area contributed by atoms with Crippen LogP contribution in [0, 0.1) is 11.8 Å². The zero-order valence-corrected chi connectivity index (χ0v) is 16.6. The van der Waals surface area contributed by atoms with Gasteiger partial charge in [0, 0.05) is 37.2 Å². The highest BCUT2D eigenvalue weighted by atomic mass is 16.5. The first-order valence-corrected chi connectivity index (χ1v) is 10.5. The summed E-state index contributed by atoms with van der Waals surface area (Å²) < 4.78 is 5.47. The molecule has 2 aliphatic carbocycles. The minimum atomic E-state index is -0.184. The monoisotopic (exact) mass is 394 g/mol. The molecule has 0 bridgehead atoms. The molecule has 5 rings (SSSR count). The molecule has 152 valence electrons. The van der Waals surface area contributed by atoms with Gasteiger partial charge in [0.1, 0.15) is 17.9 Å². The van der Waals surface area contributed by atoms with Gasteiger partial charge in [0.15, 0.2) is 5.69 Å². The molecule has 2 N–H and O–H groups in total. The number of carbonyl (C=O) groups excluding carboxylic acids is 1. The largest absolute Gasteiger partial charge is 0.360 e. The van der Waals surface area contributed by atoms with Crippen LogP contribution in [0.1, 0.15) is 46.4 Å². The van der Waals surface area contributed by atoms with Gasteiger partial charge in [-0.15, -0.1) is 0 Å². The summed E-state index contributed by atoms with van der Waals surface area (Å²) in [5.74, 6) is 2.99. The molecule has 0 radical (unpaired) electrons. The molecule has 2 atom stereocenters. The van der Waals surface area contributed by atoms with Gasteiger partial charge in [-0.05, 0) is 31.2 Å². The van der Waals surface area contributed by atoms with E-state index in [4.69, 9.17) is 4.52 Å². The van der Waals surface area contributed by atoms with E-state index in [1.54, 1.807) is 6.33 Å². The first-order chi connectivity index (χ1) is 14.2. The predicted octanol–water partition coefficient (Wildman–Crippen LogP) is 1.57. The lowest BCUT2D eigenvalue weighted by molar-refractivity contribution is 0.0944. The van der Waals surface area contributed by atoms with Gasteiger partial charge in [-0.1, -0.05) is 24.2 Å². The highest BCUT2D eigenvalue weighted by molar-refractivity contribution is 5.94. The second-order valence-electron chi connectivity index (χ2n) is 7.99. The van der Waals surface area contributed by atoms with E-state index in [0.29, 0.717) is 31.1 Å². The number of carbonyl (C=O) groups is 1. The van der Waals surface area contributed by atoms with Crippen LogP contribution in [0.5, 0.6) is 0 Å². The number of likely N-dealkylation sites (N-methyl/N-ethyl adjacent to an activating group) is 1. The topological polar surface area (TPSA) is 96.2 Å². The molecule has 8 heteroatoms. The number of rotatable bonds is 6. The van der Waals surface area contributed by atoms with Crippen LogP contribution >= 0.6 is 0 Å². The third-order valence-corrected chi connectivity index (χ3v) is 6.07. The van der Waals surface area contributed by atoms with E-state index in [1.165, 1.54) is 6.42 Å². The maximum Gasteiger partial charge on any atom is 0.273 e. The van der Waals surface area contributed by atoms with Crippen molar-refractivity contribution in [2.24, 2.45) is 11.8 Å². The molecular formula is C21H26N6O2. The van der Waals surface area contributed by atoms with E-state index in [-0.39, 0.29) is 5.91 Å². The summed E-state index contributed by atoms with van der Waals surface area (Å²) in [5.41, 5.74) is 3.51. The number of allylic oxidation sites excluding steroid dienone is 1. The zero-order valence-electron chi connectivity index (χ0n) is 16.6. The fourth-order valence-corrected chi connectivity index (χ4v) is 4.31. The third-order valence-electron chi connectivity index (χ3n) is 6.07. The number of hydrogen-bond acceptors (Lipinski definition) is 7. The lowest BCUT2D eigenvalue weighted by Gasteiger charge is -2.28. The van der Waals surface area contributed by atoms with Crippen LogP contribution in [-0.2, 0) is 19.4 Å². The van der Waals surface area contributed by atoms with Crippen LogP contribution in [0.2, 0.25) is 0 Å². The van der Waals surface area contributed by atoms with Gasteiger partial charge in [0.25, 0.3) is 5.91 Å². The van der Waals surface area contributed by atoms with Gasteiger partial charge in [-0.3, -0.25) is 4.79 Å². The molecule has 0 spiro atoms. The molecule has 3 heterocycles. The van der Waals surface area contributed by atoms with Crippen molar-refractivity contribution in [1.29, 1.82) is 0 Å². The maximum absolute atomic E-state index is 12.6. The standard InChI is InChI=1S/C21H26N6O2/c1-2-22-6-7-23-21(28)19-16-11-27(8-5-18(16)29-26-19)20-15-4-3-13-9-14(13)10-17(15)24-12-25-20/h3-4,12-14,22H,2,5-11H2,1H3,(H,23,28)/t13?,14-/m1/s1. The van der Waals surface area contributed by atoms with E-state index in [0.717, 1.165) is 60.4 Å². The van der Waals surface area contributed by atoms with E-state index < -0.39 is 0 Å². The molecule has 1 unspecified atom stereocenters. The molecule has 3 aliphatic rings. The van der Waals surface area contributed by atoms with Crippen molar-refractivity contribution in [2.75, 3.05) is 31.1 Å². The molecule has 1 amide bonds. The van der Waals surface area contributed by atoms with E-state index in [2.05, 4.69) is 42.8 Å². The van der Waals surface area contributed by atoms with Gasteiger partial charge in [0.05, 0.1) is 12.2 Å². The summed E-state index contributed by atoms with van der Waals surface area (Å²) in [6, 6.07) is 0. The minimum absolute atomic E-state index is 0.184. The Balaban J connectivity index is 1.36. The summed E-state index contributed by atoms with van der Waals surface area (Å²) in [6.45, 7) is 5.56. The molecular weight excluding hydrogens is 368 g/mol. The Bertz CT molecular complexity index is 953. The molecule has 0 aromatic carbocycles. The SMILES string of the molecule is CCNCCNC(=O)c1noc2c1CN(c1ncnc3c1C=CC1C[C@@H]1C3)CC2. The molecule has 0 saturated heterocycles. The minimum Gasteiger partial charge on any atom is -0.360 e. The molecule has 29 heavy (non-hydrogen) atoms. The first kappa shape index (κ1) is 18.3. The second-order valence-corrected chi connectivity index (χ2v) is 7.99. The van der Waals surface area contributed by atoms with Crippen LogP contribution in [0.25, 0.3) is 6.08 Å². The number of anilines is 1. The lowest BCUT2D eigenvalue weighted by Crippen LogP contribution is -2.35. The van der Waals surface area contributed by atoms with Crippen molar-refractivity contribution >= 4 is 17.8 Å². The molecule has 1 saturated carbocycles. The quantitative estimate of drug-likeness (QED) is 0.718. The van der Waals surface area contributed by atoms with Crippen LogP contribution < -0.4 is 15.5 Å². The van der Waals surface area contributed by atoms with E-state index in [9.17, 15) is 4.79 Å². The normalized spacial score (nSPS) is 21.8. The van der Waals surface area contributed by atoms with E-state index in [1.807, 2.05) is 6.92 Å². The van der Waals surface area contributed by atoms with Crippen LogP contribution in [0.3, 0.4) is 0 Å². The van der Waals surface area contributed by atoms with Gasteiger partial charge in [0.2, 0.25) is 0 Å². The van der Waals surface area contributed by atoms with Crippen molar-refractivity contribution in [3.05, 3.63) is 40.7 Å². The maximum atomic E-state index is 12.6. The summed E-state index contributed by atoms with van der Waals surface area (Å²) in [7, 11) is 0. The number of aromatic nitrogens is 3. The Morgan fingerprint density at radius 3 is 3.17 bits per heavy atom. The van der Waals surface area contributed by atoms with Crippen molar-refractivity contribution in [1.82, 2.24) is 25.8 Å². The number of fused-ring (bicyclic) bond motifs is 3. The molecule has 2 aromatic rings. The summed E-state index contributed by atoms with van der Waals surface area (Å²) in [4.78, 5) is 24.0.